The Hall–Kier alpha value is -3.10. The van der Waals surface area contributed by atoms with Crippen LogP contribution in [0.25, 0.3) is 6.08 Å². The van der Waals surface area contributed by atoms with E-state index in [0.717, 1.165) is 18.2 Å². The highest BCUT2D eigenvalue weighted by atomic mass is 19.4. The van der Waals surface area contributed by atoms with Gasteiger partial charge in [0.15, 0.2) is 0 Å². The molecular formula is C15H11F3N2O4. The number of benzene rings is 1. The summed E-state index contributed by atoms with van der Waals surface area (Å²) in [6, 6.07) is 5.83. The van der Waals surface area contributed by atoms with Crippen molar-refractivity contribution in [3.63, 3.8) is 0 Å². The van der Waals surface area contributed by atoms with E-state index >= 15 is 0 Å². The van der Waals surface area contributed by atoms with Crippen molar-refractivity contribution in [1.29, 1.82) is 0 Å². The zero-order valence-corrected chi connectivity index (χ0v) is 12.3. The largest absolute Gasteiger partial charge is 0.433 e. The van der Waals surface area contributed by atoms with Crippen molar-refractivity contribution >= 4 is 23.6 Å². The third kappa shape index (κ3) is 4.22. The van der Waals surface area contributed by atoms with Gasteiger partial charge in [0.2, 0.25) is 5.91 Å². The van der Waals surface area contributed by atoms with Gasteiger partial charge >= 0.3 is 12.1 Å². The molecule has 0 aliphatic heterocycles. The number of carbonyl (C=O) groups excluding carboxylic acids is 1. The summed E-state index contributed by atoms with van der Waals surface area (Å²) in [4.78, 5) is 21.4. The normalized spacial score (nSPS) is 11.7. The van der Waals surface area contributed by atoms with Crippen LogP contribution < -0.4 is 5.32 Å². The predicted octanol–water partition coefficient (Wildman–Crippen LogP) is 4.17. The van der Waals surface area contributed by atoms with Crippen LogP contribution in [0.3, 0.4) is 0 Å². The van der Waals surface area contributed by atoms with Gasteiger partial charge in [0.25, 0.3) is 0 Å². The number of nitrogens with zero attached hydrogens (tertiary/aromatic N) is 1. The average molecular weight is 340 g/mol. The molecule has 1 amide bonds. The second-order valence-corrected chi connectivity index (χ2v) is 4.78. The third-order valence-electron chi connectivity index (χ3n) is 3.00. The average Bonchev–Trinajstić information content (AvgIpc) is 2.95. The van der Waals surface area contributed by atoms with Crippen LogP contribution in [0.1, 0.15) is 16.9 Å². The predicted molar refractivity (Wildman–Crippen MR) is 79.2 cm³/mol. The Labute approximate surface area is 133 Å². The van der Waals surface area contributed by atoms with E-state index < -0.39 is 28.5 Å². The topological polar surface area (TPSA) is 85.4 Å². The summed E-state index contributed by atoms with van der Waals surface area (Å²) < 4.78 is 43.2. The van der Waals surface area contributed by atoms with E-state index in [-0.39, 0.29) is 17.0 Å². The number of furan rings is 1. The molecule has 24 heavy (non-hydrogen) atoms. The van der Waals surface area contributed by atoms with Gasteiger partial charge < -0.3 is 9.73 Å². The molecular weight excluding hydrogens is 329 g/mol. The monoisotopic (exact) mass is 340 g/mol. The summed E-state index contributed by atoms with van der Waals surface area (Å²) in [7, 11) is 0. The number of nitro groups is 1. The second-order valence-electron chi connectivity index (χ2n) is 4.78. The first-order valence-electron chi connectivity index (χ1n) is 6.58. The van der Waals surface area contributed by atoms with Crippen molar-refractivity contribution in [1.82, 2.24) is 0 Å². The Morgan fingerprint density at radius 3 is 2.58 bits per heavy atom. The summed E-state index contributed by atoms with van der Waals surface area (Å²) in [5, 5.41) is 12.7. The molecule has 0 aliphatic carbocycles. The number of hydrogen-bond acceptors (Lipinski definition) is 4. The lowest BCUT2D eigenvalue weighted by molar-refractivity contribution is -0.402. The second kappa shape index (κ2) is 6.57. The number of rotatable bonds is 4. The molecule has 2 rings (SSSR count). The van der Waals surface area contributed by atoms with E-state index in [1.165, 1.54) is 31.2 Å². The summed E-state index contributed by atoms with van der Waals surface area (Å²) in [6.45, 7) is 1.32. The first kappa shape index (κ1) is 17.3. The maximum Gasteiger partial charge on any atom is 0.433 e. The van der Waals surface area contributed by atoms with Gasteiger partial charge in [-0.2, -0.15) is 13.2 Å². The van der Waals surface area contributed by atoms with Crippen LogP contribution in [0, 0.1) is 17.0 Å². The highest BCUT2D eigenvalue weighted by molar-refractivity contribution is 6.01. The zero-order chi connectivity index (χ0) is 17.9. The first-order valence-corrected chi connectivity index (χ1v) is 6.58. The number of anilines is 1. The van der Waals surface area contributed by atoms with Crippen LogP contribution in [0.5, 0.6) is 0 Å². The standard InChI is InChI=1S/C15H11F3N2O4/c1-9-2-3-10(8-12(9)15(16,17)18)19-13(21)6-4-11-5-7-14(24-11)20(22)23/h2-8H,1H3,(H,19,21)/b6-4+. The van der Waals surface area contributed by atoms with Gasteiger partial charge in [-0.05, 0) is 36.8 Å². The van der Waals surface area contributed by atoms with Crippen LogP contribution in [0.15, 0.2) is 40.8 Å². The number of halogens is 3. The van der Waals surface area contributed by atoms with Gasteiger partial charge in [-0.1, -0.05) is 6.07 Å². The molecule has 0 saturated heterocycles. The molecule has 0 bridgehead atoms. The van der Waals surface area contributed by atoms with Gasteiger partial charge in [-0.25, -0.2) is 0 Å². The van der Waals surface area contributed by atoms with Crippen LogP contribution in [-0.2, 0) is 11.0 Å². The Balaban J connectivity index is 2.09. The molecule has 6 nitrogen and oxygen atoms in total. The Morgan fingerprint density at radius 1 is 1.29 bits per heavy atom. The molecule has 0 radical (unpaired) electrons. The summed E-state index contributed by atoms with van der Waals surface area (Å²) >= 11 is 0. The van der Waals surface area contributed by atoms with Gasteiger partial charge in [0.1, 0.15) is 10.7 Å². The molecule has 0 spiro atoms. The Morgan fingerprint density at radius 2 is 2.00 bits per heavy atom. The van der Waals surface area contributed by atoms with Crippen molar-refractivity contribution < 1.29 is 27.3 Å². The van der Waals surface area contributed by atoms with Crippen molar-refractivity contribution in [2.75, 3.05) is 5.32 Å². The molecule has 0 unspecified atom stereocenters. The van der Waals surface area contributed by atoms with Crippen LogP contribution in [-0.4, -0.2) is 10.8 Å². The van der Waals surface area contributed by atoms with Gasteiger partial charge in [-0.15, -0.1) is 0 Å². The molecule has 0 aliphatic rings. The van der Waals surface area contributed by atoms with E-state index in [2.05, 4.69) is 5.32 Å². The molecule has 1 heterocycles. The number of alkyl halides is 3. The van der Waals surface area contributed by atoms with E-state index in [1.807, 2.05) is 0 Å². The zero-order valence-electron chi connectivity index (χ0n) is 12.3. The maximum absolute atomic E-state index is 12.8. The molecule has 9 heteroatoms. The van der Waals surface area contributed by atoms with E-state index in [4.69, 9.17) is 4.42 Å². The number of hydrogen-bond donors (Lipinski definition) is 1. The SMILES string of the molecule is Cc1ccc(NC(=O)/C=C/c2ccc([N+](=O)[O-])o2)cc1C(F)(F)F. The minimum absolute atomic E-state index is 0.0204. The molecule has 1 aromatic carbocycles. The quantitative estimate of drug-likeness (QED) is 0.514. The fraction of sp³-hybridized carbons (Fsp3) is 0.133. The van der Waals surface area contributed by atoms with Crippen LogP contribution >= 0.6 is 0 Å². The molecule has 1 aromatic heterocycles. The fourth-order valence-corrected chi connectivity index (χ4v) is 1.88. The van der Waals surface area contributed by atoms with Crippen LogP contribution in [0.4, 0.5) is 24.7 Å². The lowest BCUT2D eigenvalue weighted by atomic mass is 10.1. The third-order valence-corrected chi connectivity index (χ3v) is 3.00. The highest BCUT2D eigenvalue weighted by Crippen LogP contribution is 2.33. The van der Waals surface area contributed by atoms with E-state index in [0.29, 0.717) is 0 Å². The number of amides is 1. The van der Waals surface area contributed by atoms with Gasteiger partial charge in [0, 0.05) is 11.8 Å². The fourth-order valence-electron chi connectivity index (χ4n) is 1.88. The van der Waals surface area contributed by atoms with E-state index in [1.54, 1.807) is 0 Å². The summed E-state index contributed by atoms with van der Waals surface area (Å²) in [5.74, 6) is -1.12. The number of carbonyl (C=O) groups is 1. The molecule has 126 valence electrons. The molecule has 1 N–H and O–H groups in total. The van der Waals surface area contributed by atoms with Crippen molar-refractivity contribution in [3.8, 4) is 0 Å². The van der Waals surface area contributed by atoms with Crippen molar-refractivity contribution in [2.45, 2.75) is 13.1 Å². The maximum atomic E-state index is 12.8. The van der Waals surface area contributed by atoms with Gasteiger partial charge in [-0.3, -0.25) is 14.9 Å². The lowest BCUT2D eigenvalue weighted by Gasteiger charge is -2.12. The van der Waals surface area contributed by atoms with E-state index in [9.17, 15) is 28.1 Å². The van der Waals surface area contributed by atoms with Crippen molar-refractivity contribution in [2.24, 2.45) is 0 Å². The smallest absolute Gasteiger partial charge is 0.401 e. The Kier molecular flexibility index (Phi) is 4.72. The molecule has 0 fully saturated rings. The summed E-state index contributed by atoms with van der Waals surface area (Å²) in [6.07, 6.45) is -2.36. The minimum atomic E-state index is -4.52. The van der Waals surface area contributed by atoms with Gasteiger partial charge in [0.05, 0.1) is 11.6 Å². The molecule has 2 aromatic rings. The highest BCUT2D eigenvalue weighted by Gasteiger charge is 2.32. The van der Waals surface area contributed by atoms with Crippen molar-refractivity contribution in [3.05, 3.63) is 63.4 Å². The molecule has 0 saturated carbocycles. The first-order chi connectivity index (χ1) is 11.2. The number of aryl methyl sites for hydroxylation is 1. The summed E-state index contributed by atoms with van der Waals surface area (Å²) in [5.41, 5.74) is -0.821. The van der Waals surface area contributed by atoms with Crippen LogP contribution in [0.2, 0.25) is 0 Å². The minimum Gasteiger partial charge on any atom is -0.401 e. The Bertz CT molecular complexity index is 809. The number of nitrogens with one attached hydrogen (secondary N) is 1. The lowest BCUT2D eigenvalue weighted by Crippen LogP contribution is -2.11. The molecule has 0 atom stereocenters.